The zero-order valence-electron chi connectivity index (χ0n) is 12.6. The molecule has 0 spiro atoms. The molecule has 2 nitrogen and oxygen atoms in total. The average Bonchev–Trinajstić information content (AvgIpc) is 2.53. The molecule has 2 aromatic rings. The molecule has 0 aliphatic heterocycles. The first-order chi connectivity index (χ1) is 10.1. The lowest BCUT2D eigenvalue weighted by Crippen LogP contribution is -2.29. The van der Waals surface area contributed by atoms with E-state index in [1.165, 1.54) is 0 Å². The number of methoxy groups -OCH3 is 1. The van der Waals surface area contributed by atoms with Crippen molar-refractivity contribution in [2.24, 2.45) is 0 Å². The lowest BCUT2D eigenvalue weighted by Gasteiger charge is -2.13. The van der Waals surface area contributed by atoms with Crippen LogP contribution in [0.25, 0.3) is 6.08 Å². The van der Waals surface area contributed by atoms with Crippen LogP contribution in [-0.2, 0) is 0 Å². The third-order valence-corrected chi connectivity index (χ3v) is 4.91. The van der Waals surface area contributed by atoms with Gasteiger partial charge in [0, 0.05) is 11.1 Å². The monoisotopic (exact) mass is 295 g/mol. The van der Waals surface area contributed by atoms with Gasteiger partial charge in [0.1, 0.15) is 5.75 Å². The molecular formula is C18H19O2Si. The van der Waals surface area contributed by atoms with Crippen molar-refractivity contribution >= 4 is 25.8 Å². The topological polar surface area (TPSA) is 26.3 Å². The number of ketones is 1. The van der Waals surface area contributed by atoms with Crippen molar-refractivity contribution in [3.63, 3.8) is 0 Å². The standard InChI is InChI=1S/C18H19O2Si/c1-5-13-6-8-14(9-7-13)18(19)16-11-10-15(20-2)12-17(16)21(3)4/h5-12H,1H2,2-4H3. The van der Waals surface area contributed by atoms with Crippen molar-refractivity contribution in [2.45, 2.75) is 13.1 Å². The summed E-state index contributed by atoms with van der Waals surface area (Å²) in [4.78, 5) is 12.7. The highest BCUT2D eigenvalue weighted by atomic mass is 28.3. The van der Waals surface area contributed by atoms with Gasteiger partial charge in [-0.15, -0.1) is 0 Å². The summed E-state index contributed by atoms with van der Waals surface area (Å²) in [6, 6.07) is 13.2. The fourth-order valence-electron chi connectivity index (χ4n) is 2.19. The Labute approximate surface area is 127 Å². The smallest absolute Gasteiger partial charge is 0.192 e. The molecule has 0 saturated carbocycles. The number of carbonyl (C=O) groups excluding carboxylic acids is 1. The third-order valence-electron chi connectivity index (χ3n) is 3.42. The Bertz CT molecular complexity index is 657. The zero-order valence-corrected chi connectivity index (χ0v) is 13.6. The summed E-state index contributed by atoms with van der Waals surface area (Å²) in [6.07, 6.45) is 1.77. The zero-order chi connectivity index (χ0) is 15.4. The van der Waals surface area contributed by atoms with Gasteiger partial charge < -0.3 is 4.74 Å². The van der Waals surface area contributed by atoms with Crippen LogP contribution in [0.5, 0.6) is 5.75 Å². The molecule has 2 aromatic carbocycles. The second-order valence-corrected chi connectivity index (χ2v) is 7.61. The number of benzene rings is 2. The molecule has 0 aromatic heterocycles. The second kappa shape index (κ2) is 6.55. The van der Waals surface area contributed by atoms with E-state index in [1.807, 2.05) is 42.5 Å². The van der Waals surface area contributed by atoms with Gasteiger partial charge in [0.05, 0.1) is 15.9 Å². The van der Waals surface area contributed by atoms with Gasteiger partial charge in [-0.1, -0.05) is 50.0 Å². The van der Waals surface area contributed by atoms with Crippen LogP contribution in [0, 0.1) is 0 Å². The quantitative estimate of drug-likeness (QED) is 0.623. The molecule has 0 N–H and O–H groups in total. The van der Waals surface area contributed by atoms with Gasteiger partial charge in [-0.05, 0) is 28.9 Å². The normalized spacial score (nSPS) is 10.5. The minimum atomic E-state index is -0.755. The van der Waals surface area contributed by atoms with Gasteiger partial charge in [0.25, 0.3) is 0 Å². The summed E-state index contributed by atoms with van der Waals surface area (Å²) in [5.74, 6) is 0.865. The maximum atomic E-state index is 12.7. The number of rotatable bonds is 5. The predicted molar refractivity (Wildman–Crippen MR) is 90.1 cm³/mol. The minimum absolute atomic E-state index is 0.0643. The van der Waals surface area contributed by atoms with Gasteiger partial charge >= 0.3 is 0 Å². The SMILES string of the molecule is C=Cc1ccc(C(=O)c2ccc(OC)cc2[Si](C)C)cc1. The van der Waals surface area contributed by atoms with E-state index in [2.05, 4.69) is 19.7 Å². The molecular weight excluding hydrogens is 276 g/mol. The van der Waals surface area contributed by atoms with Crippen molar-refractivity contribution in [3.8, 4) is 5.75 Å². The van der Waals surface area contributed by atoms with Crippen LogP contribution >= 0.6 is 0 Å². The van der Waals surface area contributed by atoms with Crippen LogP contribution in [0.4, 0.5) is 0 Å². The summed E-state index contributed by atoms with van der Waals surface area (Å²) in [6.45, 7) is 8.08. The van der Waals surface area contributed by atoms with Crippen molar-refractivity contribution in [2.75, 3.05) is 7.11 Å². The molecule has 0 amide bonds. The van der Waals surface area contributed by atoms with Crippen molar-refractivity contribution in [1.29, 1.82) is 0 Å². The van der Waals surface area contributed by atoms with Crippen molar-refractivity contribution < 1.29 is 9.53 Å². The van der Waals surface area contributed by atoms with E-state index in [4.69, 9.17) is 4.74 Å². The van der Waals surface area contributed by atoms with Gasteiger partial charge in [0.2, 0.25) is 0 Å². The maximum absolute atomic E-state index is 12.7. The summed E-state index contributed by atoms with van der Waals surface area (Å²) >= 11 is 0. The molecule has 107 valence electrons. The minimum Gasteiger partial charge on any atom is -0.497 e. The number of carbonyl (C=O) groups is 1. The van der Waals surface area contributed by atoms with E-state index in [0.717, 1.165) is 22.1 Å². The average molecular weight is 295 g/mol. The van der Waals surface area contributed by atoms with Crippen LogP contribution in [0.15, 0.2) is 49.0 Å². The predicted octanol–water partition coefficient (Wildman–Crippen LogP) is 3.53. The van der Waals surface area contributed by atoms with Crippen LogP contribution < -0.4 is 9.92 Å². The van der Waals surface area contributed by atoms with E-state index in [0.29, 0.717) is 5.56 Å². The van der Waals surface area contributed by atoms with Gasteiger partial charge in [0.15, 0.2) is 5.78 Å². The summed E-state index contributed by atoms with van der Waals surface area (Å²) in [7, 11) is 0.890. The first-order valence-electron chi connectivity index (χ1n) is 6.82. The van der Waals surface area contributed by atoms with Crippen molar-refractivity contribution in [1.82, 2.24) is 0 Å². The van der Waals surface area contributed by atoms with Crippen LogP contribution in [0.1, 0.15) is 21.5 Å². The Hall–Kier alpha value is -2.13. The molecule has 0 aliphatic rings. The molecule has 1 radical (unpaired) electrons. The highest BCUT2D eigenvalue weighted by Gasteiger charge is 2.17. The molecule has 0 heterocycles. The van der Waals surface area contributed by atoms with Crippen molar-refractivity contribution in [3.05, 3.63) is 65.7 Å². The lowest BCUT2D eigenvalue weighted by molar-refractivity contribution is 0.103. The molecule has 21 heavy (non-hydrogen) atoms. The van der Waals surface area contributed by atoms with Gasteiger partial charge in [-0.25, -0.2) is 0 Å². The molecule has 0 atom stereocenters. The Morgan fingerprint density at radius 2 is 1.81 bits per heavy atom. The molecule has 0 bridgehead atoms. The molecule has 0 aliphatic carbocycles. The Morgan fingerprint density at radius 3 is 2.33 bits per heavy atom. The molecule has 0 unspecified atom stereocenters. The number of ether oxygens (including phenoxy) is 1. The summed E-state index contributed by atoms with van der Waals surface area (Å²) in [5.41, 5.74) is 2.49. The largest absolute Gasteiger partial charge is 0.497 e. The van der Waals surface area contributed by atoms with E-state index in [9.17, 15) is 4.79 Å². The summed E-state index contributed by atoms with van der Waals surface area (Å²) < 4.78 is 5.27. The molecule has 2 rings (SSSR count). The number of hydrogen-bond acceptors (Lipinski definition) is 2. The Balaban J connectivity index is 2.44. The van der Waals surface area contributed by atoms with E-state index < -0.39 is 8.80 Å². The lowest BCUT2D eigenvalue weighted by atomic mass is 10.0. The number of hydrogen-bond donors (Lipinski definition) is 0. The molecule has 0 saturated heterocycles. The summed E-state index contributed by atoms with van der Waals surface area (Å²) in [5, 5.41) is 1.11. The van der Waals surface area contributed by atoms with E-state index >= 15 is 0 Å². The maximum Gasteiger partial charge on any atom is 0.192 e. The van der Waals surface area contributed by atoms with Gasteiger partial charge in [-0.2, -0.15) is 0 Å². The highest BCUT2D eigenvalue weighted by molar-refractivity contribution is 6.72. The van der Waals surface area contributed by atoms with Crippen LogP contribution in [-0.4, -0.2) is 21.7 Å². The first-order valence-corrected chi connectivity index (χ1v) is 9.32. The fourth-order valence-corrected chi connectivity index (χ4v) is 3.35. The first kappa shape index (κ1) is 15.3. The fraction of sp³-hybridized carbons (Fsp3) is 0.167. The van der Waals surface area contributed by atoms with E-state index in [1.54, 1.807) is 13.2 Å². The van der Waals surface area contributed by atoms with Crippen LogP contribution in [0.3, 0.4) is 0 Å². The third kappa shape index (κ3) is 3.31. The molecule has 3 heteroatoms. The highest BCUT2D eigenvalue weighted by Crippen LogP contribution is 2.15. The van der Waals surface area contributed by atoms with Crippen LogP contribution in [0.2, 0.25) is 13.1 Å². The molecule has 0 fully saturated rings. The second-order valence-electron chi connectivity index (χ2n) is 5.07. The van der Waals surface area contributed by atoms with E-state index in [-0.39, 0.29) is 5.78 Å². The Morgan fingerprint density at radius 1 is 1.14 bits per heavy atom. The van der Waals surface area contributed by atoms with Gasteiger partial charge in [-0.3, -0.25) is 4.79 Å². The Kier molecular flexibility index (Phi) is 4.76.